The van der Waals surface area contributed by atoms with Crippen LogP contribution in [0.2, 0.25) is 0 Å². The van der Waals surface area contributed by atoms with E-state index in [0.29, 0.717) is 18.7 Å². The first-order valence-corrected chi connectivity index (χ1v) is 6.24. The third-order valence-electron chi connectivity index (χ3n) is 3.43. The van der Waals surface area contributed by atoms with Crippen LogP contribution in [-0.2, 0) is 4.79 Å². The lowest BCUT2D eigenvalue weighted by Crippen LogP contribution is -2.48. The molecule has 4 N–H and O–H groups in total. The quantitative estimate of drug-likeness (QED) is 0.825. The molecule has 1 saturated heterocycles. The van der Waals surface area contributed by atoms with Crippen LogP contribution in [0.5, 0.6) is 0 Å². The van der Waals surface area contributed by atoms with E-state index >= 15 is 0 Å². The molecule has 6 heteroatoms. The smallest absolute Gasteiger partial charge is 0.265 e. The van der Waals surface area contributed by atoms with Crippen LogP contribution in [0.3, 0.4) is 0 Å². The Hall–Kier alpha value is -1.85. The molecule has 104 valence electrons. The van der Waals surface area contributed by atoms with Crippen LogP contribution in [0.15, 0.2) is 18.2 Å². The molecular weight excluding hydrogens is 252 g/mol. The number of piperidine rings is 1. The Labute approximate surface area is 110 Å². The van der Waals surface area contributed by atoms with E-state index in [-0.39, 0.29) is 11.3 Å². The van der Waals surface area contributed by atoms with Crippen molar-refractivity contribution in [3.63, 3.8) is 0 Å². The summed E-state index contributed by atoms with van der Waals surface area (Å²) in [6.07, 6.45) is -0.295. The molecule has 1 fully saturated rings. The third-order valence-corrected chi connectivity index (χ3v) is 3.43. The van der Waals surface area contributed by atoms with Gasteiger partial charge < -0.3 is 16.4 Å². The van der Waals surface area contributed by atoms with Gasteiger partial charge in [0.05, 0.1) is 0 Å². The molecule has 0 bridgehead atoms. The van der Waals surface area contributed by atoms with Gasteiger partial charge in [-0.25, -0.2) is 8.78 Å². The molecule has 1 unspecified atom stereocenters. The fourth-order valence-electron chi connectivity index (χ4n) is 2.53. The molecule has 0 radical (unpaired) electrons. The van der Waals surface area contributed by atoms with E-state index in [4.69, 9.17) is 11.5 Å². The molecule has 1 aromatic rings. The summed E-state index contributed by atoms with van der Waals surface area (Å²) in [6, 6.07) is 3.84. The average Bonchev–Trinajstić information content (AvgIpc) is 2.38. The molecule has 4 nitrogen and oxygen atoms in total. The highest BCUT2D eigenvalue weighted by molar-refractivity contribution is 5.84. The molecule has 1 aromatic carbocycles. The summed E-state index contributed by atoms with van der Waals surface area (Å²) in [5.74, 6) is -0.475. The van der Waals surface area contributed by atoms with E-state index in [0.717, 1.165) is 12.8 Å². The largest absolute Gasteiger partial charge is 0.399 e. The number of rotatable bonds is 3. The summed E-state index contributed by atoms with van der Waals surface area (Å²) in [5.41, 5.74) is 11.4. The monoisotopic (exact) mass is 269 g/mol. The Morgan fingerprint density at radius 1 is 1.37 bits per heavy atom. The van der Waals surface area contributed by atoms with Gasteiger partial charge in [-0.2, -0.15) is 0 Å². The number of primary amides is 1. The van der Waals surface area contributed by atoms with Crippen molar-refractivity contribution < 1.29 is 13.6 Å². The fourth-order valence-corrected chi connectivity index (χ4v) is 2.53. The molecule has 0 aromatic heterocycles. The van der Waals surface area contributed by atoms with Crippen molar-refractivity contribution in [2.24, 2.45) is 5.73 Å². The van der Waals surface area contributed by atoms with Crippen LogP contribution in [-0.4, -0.2) is 18.5 Å². The molecule has 0 saturated carbocycles. The second-order valence-electron chi connectivity index (χ2n) is 4.73. The van der Waals surface area contributed by atoms with Crippen molar-refractivity contribution in [2.45, 2.75) is 31.7 Å². The number of anilines is 2. The third kappa shape index (κ3) is 2.77. The number of amides is 1. The Kier molecular flexibility index (Phi) is 3.87. The van der Waals surface area contributed by atoms with Crippen LogP contribution in [0.4, 0.5) is 20.2 Å². The Balaban J connectivity index is 2.41. The minimum Gasteiger partial charge on any atom is -0.399 e. The molecule has 2 rings (SSSR count). The predicted molar refractivity (Wildman–Crippen MR) is 70.0 cm³/mol. The second kappa shape index (κ2) is 5.42. The first-order chi connectivity index (χ1) is 9.00. The first-order valence-electron chi connectivity index (χ1n) is 6.24. The van der Waals surface area contributed by atoms with E-state index in [1.54, 1.807) is 11.0 Å². The summed E-state index contributed by atoms with van der Waals surface area (Å²) >= 11 is 0. The van der Waals surface area contributed by atoms with Gasteiger partial charge in [0.1, 0.15) is 6.04 Å². The van der Waals surface area contributed by atoms with Gasteiger partial charge in [-0.3, -0.25) is 4.79 Å². The van der Waals surface area contributed by atoms with Crippen LogP contribution in [0.1, 0.15) is 31.3 Å². The van der Waals surface area contributed by atoms with Gasteiger partial charge in [-0.1, -0.05) is 0 Å². The van der Waals surface area contributed by atoms with Gasteiger partial charge >= 0.3 is 0 Å². The molecule has 19 heavy (non-hydrogen) atoms. The molecular formula is C13H17F2N3O. The number of alkyl halides is 2. The normalized spacial score (nSPS) is 19.7. The minimum atomic E-state index is -2.63. The highest BCUT2D eigenvalue weighted by atomic mass is 19.3. The maximum absolute atomic E-state index is 13.1. The first kappa shape index (κ1) is 13.6. The molecule has 0 spiro atoms. The standard InChI is InChI=1S/C13H17F2N3O/c14-12(15)9-7-8(16)4-5-10(9)18-6-2-1-3-11(18)13(17)19/h4-5,7,11-12H,1-3,6,16H2,(H2,17,19). The van der Waals surface area contributed by atoms with E-state index in [1.165, 1.54) is 12.1 Å². The highest BCUT2D eigenvalue weighted by Gasteiger charge is 2.29. The number of halogens is 2. The van der Waals surface area contributed by atoms with Crippen molar-refractivity contribution >= 4 is 17.3 Å². The van der Waals surface area contributed by atoms with E-state index in [1.807, 2.05) is 0 Å². The van der Waals surface area contributed by atoms with Crippen molar-refractivity contribution in [3.8, 4) is 0 Å². The van der Waals surface area contributed by atoms with Gasteiger partial charge in [0.25, 0.3) is 6.43 Å². The Morgan fingerprint density at radius 2 is 2.11 bits per heavy atom. The van der Waals surface area contributed by atoms with Gasteiger partial charge in [0, 0.05) is 23.5 Å². The lowest BCUT2D eigenvalue weighted by molar-refractivity contribution is -0.119. The number of hydrogen-bond acceptors (Lipinski definition) is 3. The number of carbonyl (C=O) groups excluding carboxylic acids is 1. The zero-order valence-electron chi connectivity index (χ0n) is 10.5. The minimum absolute atomic E-state index is 0.145. The summed E-state index contributed by atoms with van der Waals surface area (Å²) in [7, 11) is 0. The van der Waals surface area contributed by atoms with Crippen molar-refractivity contribution in [3.05, 3.63) is 23.8 Å². The van der Waals surface area contributed by atoms with Crippen molar-refractivity contribution in [2.75, 3.05) is 17.2 Å². The summed E-state index contributed by atoms with van der Waals surface area (Å²) in [5, 5.41) is 0. The maximum atomic E-state index is 13.1. The molecule has 1 aliphatic heterocycles. The van der Waals surface area contributed by atoms with Crippen LogP contribution in [0, 0.1) is 0 Å². The molecule has 0 aliphatic carbocycles. The Bertz CT molecular complexity index is 479. The second-order valence-corrected chi connectivity index (χ2v) is 4.73. The zero-order valence-corrected chi connectivity index (χ0v) is 10.5. The van der Waals surface area contributed by atoms with Gasteiger partial charge in [-0.05, 0) is 37.5 Å². The molecule has 1 heterocycles. The van der Waals surface area contributed by atoms with Gasteiger partial charge in [0.15, 0.2) is 0 Å². The van der Waals surface area contributed by atoms with Crippen LogP contribution in [0.25, 0.3) is 0 Å². The lowest BCUT2D eigenvalue weighted by Gasteiger charge is -2.36. The number of benzene rings is 1. The lowest BCUT2D eigenvalue weighted by atomic mass is 9.99. The summed E-state index contributed by atoms with van der Waals surface area (Å²) in [6.45, 7) is 0.553. The number of hydrogen-bond donors (Lipinski definition) is 2. The summed E-state index contributed by atoms with van der Waals surface area (Å²) < 4.78 is 26.2. The number of carbonyl (C=O) groups is 1. The van der Waals surface area contributed by atoms with Crippen LogP contribution < -0.4 is 16.4 Å². The summed E-state index contributed by atoms with van der Waals surface area (Å²) in [4.78, 5) is 13.1. The SMILES string of the molecule is NC(=O)C1CCCCN1c1ccc(N)cc1C(F)F. The van der Waals surface area contributed by atoms with E-state index in [2.05, 4.69) is 0 Å². The van der Waals surface area contributed by atoms with Gasteiger partial charge in [0.2, 0.25) is 5.91 Å². The molecule has 1 atom stereocenters. The predicted octanol–water partition coefficient (Wildman–Crippen LogP) is 2.05. The average molecular weight is 269 g/mol. The van der Waals surface area contributed by atoms with Gasteiger partial charge in [-0.15, -0.1) is 0 Å². The van der Waals surface area contributed by atoms with E-state index < -0.39 is 18.4 Å². The number of nitrogens with two attached hydrogens (primary N) is 2. The zero-order chi connectivity index (χ0) is 14.0. The maximum Gasteiger partial charge on any atom is 0.265 e. The Morgan fingerprint density at radius 3 is 2.74 bits per heavy atom. The number of nitrogens with zero attached hydrogens (tertiary/aromatic N) is 1. The molecule has 1 aliphatic rings. The van der Waals surface area contributed by atoms with Crippen molar-refractivity contribution in [1.29, 1.82) is 0 Å². The molecule has 1 amide bonds. The van der Waals surface area contributed by atoms with Crippen LogP contribution >= 0.6 is 0 Å². The fraction of sp³-hybridized carbons (Fsp3) is 0.462. The number of nitrogen functional groups attached to an aromatic ring is 1. The van der Waals surface area contributed by atoms with E-state index in [9.17, 15) is 13.6 Å². The van der Waals surface area contributed by atoms with Crippen molar-refractivity contribution in [1.82, 2.24) is 0 Å². The topological polar surface area (TPSA) is 72.4 Å². The highest BCUT2D eigenvalue weighted by Crippen LogP contribution is 2.34.